The van der Waals surface area contributed by atoms with Crippen molar-refractivity contribution in [3.63, 3.8) is 0 Å². The molecule has 1 saturated carbocycles. The summed E-state index contributed by atoms with van der Waals surface area (Å²) in [5.74, 6) is -1.19. The summed E-state index contributed by atoms with van der Waals surface area (Å²) in [4.78, 5) is 27.1. The van der Waals surface area contributed by atoms with Gasteiger partial charge in [-0.3, -0.25) is 9.59 Å². The first kappa shape index (κ1) is 23.6. The summed E-state index contributed by atoms with van der Waals surface area (Å²) in [6.07, 6.45) is 2.64. The van der Waals surface area contributed by atoms with Crippen LogP contribution in [0, 0.1) is 6.92 Å². The van der Waals surface area contributed by atoms with E-state index in [4.69, 9.17) is 5.14 Å². The Morgan fingerprint density at radius 3 is 1.97 bits per heavy atom. The number of rotatable bonds is 6. The fraction of sp³-hybridized carbons (Fsp3) is 0.364. The van der Waals surface area contributed by atoms with Crippen LogP contribution in [-0.4, -0.2) is 45.0 Å². The molecular weight excluding hydrogens is 466 g/mol. The number of benzene rings is 2. The maximum Gasteiger partial charge on any atom is 0.252 e. The molecule has 2 N–H and O–H groups in total. The molecule has 11 heteroatoms. The molecule has 1 unspecified atom stereocenters. The lowest BCUT2D eigenvalue weighted by atomic mass is 10.2. The number of anilines is 1. The predicted molar refractivity (Wildman–Crippen MR) is 121 cm³/mol. The number of imide groups is 1. The monoisotopic (exact) mass is 491 g/mol. The maximum absolute atomic E-state index is 13.6. The van der Waals surface area contributed by atoms with Crippen molar-refractivity contribution in [2.45, 2.75) is 60.9 Å². The molecule has 2 fully saturated rings. The van der Waals surface area contributed by atoms with Gasteiger partial charge in [0.05, 0.1) is 21.9 Å². The van der Waals surface area contributed by atoms with Crippen molar-refractivity contribution in [1.82, 2.24) is 4.31 Å². The number of carbonyl (C=O) groups is 2. The lowest BCUT2D eigenvalue weighted by Gasteiger charge is -2.32. The van der Waals surface area contributed by atoms with Crippen LogP contribution in [0.2, 0.25) is 0 Å². The Kier molecular flexibility index (Phi) is 6.16. The van der Waals surface area contributed by atoms with Gasteiger partial charge in [0, 0.05) is 6.04 Å². The van der Waals surface area contributed by atoms with Gasteiger partial charge in [-0.2, -0.15) is 4.31 Å². The maximum atomic E-state index is 13.6. The van der Waals surface area contributed by atoms with Gasteiger partial charge in [0.25, 0.3) is 5.91 Å². The van der Waals surface area contributed by atoms with E-state index in [1.54, 1.807) is 12.1 Å². The predicted octanol–water partition coefficient (Wildman–Crippen LogP) is 1.91. The molecule has 9 nitrogen and oxygen atoms in total. The van der Waals surface area contributed by atoms with Gasteiger partial charge < -0.3 is 0 Å². The summed E-state index contributed by atoms with van der Waals surface area (Å²) in [7, 11) is -7.97. The van der Waals surface area contributed by atoms with Crippen LogP contribution in [0.5, 0.6) is 0 Å². The Morgan fingerprint density at radius 2 is 1.42 bits per heavy atom. The number of aryl methyl sites for hydroxylation is 1. The molecule has 0 radical (unpaired) electrons. The lowest BCUT2D eigenvalue weighted by Crippen LogP contribution is -2.49. The second kappa shape index (κ2) is 8.64. The number of sulfonamides is 2. The first-order chi connectivity index (χ1) is 15.5. The minimum atomic E-state index is -4.03. The molecule has 1 aliphatic heterocycles. The van der Waals surface area contributed by atoms with Gasteiger partial charge in [-0.05, 0) is 56.2 Å². The molecule has 1 heterocycles. The van der Waals surface area contributed by atoms with Crippen molar-refractivity contribution in [3.8, 4) is 0 Å². The van der Waals surface area contributed by atoms with E-state index in [1.807, 2.05) is 6.92 Å². The van der Waals surface area contributed by atoms with Crippen LogP contribution in [0.4, 0.5) is 5.69 Å². The smallest absolute Gasteiger partial charge is 0.252 e. The van der Waals surface area contributed by atoms with Crippen molar-refractivity contribution >= 4 is 37.5 Å². The Bertz CT molecular complexity index is 1280. The summed E-state index contributed by atoms with van der Waals surface area (Å²) < 4.78 is 51.5. The van der Waals surface area contributed by atoms with Gasteiger partial charge in [0.2, 0.25) is 26.0 Å². The van der Waals surface area contributed by atoms with Crippen molar-refractivity contribution in [2.24, 2.45) is 5.14 Å². The van der Waals surface area contributed by atoms with Gasteiger partial charge in [-0.15, -0.1) is 0 Å². The molecule has 2 aromatic rings. The molecule has 2 aromatic carbocycles. The highest BCUT2D eigenvalue weighted by atomic mass is 32.2. The quantitative estimate of drug-likeness (QED) is 0.613. The van der Waals surface area contributed by atoms with E-state index in [9.17, 15) is 26.4 Å². The number of hydrogen-bond donors (Lipinski definition) is 1. The summed E-state index contributed by atoms with van der Waals surface area (Å²) >= 11 is 0. The largest absolute Gasteiger partial charge is 0.274 e. The number of hydrogen-bond acceptors (Lipinski definition) is 6. The van der Waals surface area contributed by atoms with Crippen molar-refractivity contribution in [3.05, 3.63) is 54.1 Å². The van der Waals surface area contributed by atoms with E-state index in [-0.39, 0.29) is 27.9 Å². The fourth-order valence-corrected chi connectivity index (χ4v) is 6.82. The van der Waals surface area contributed by atoms with Gasteiger partial charge in [0.15, 0.2) is 0 Å². The van der Waals surface area contributed by atoms with Crippen LogP contribution in [0.25, 0.3) is 0 Å². The number of primary sulfonamides is 1. The molecule has 1 saturated heterocycles. The lowest BCUT2D eigenvalue weighted by molar-refractivity contribution is -0.122. The zero-order valence-electron chi connectivity index (χ0n) is 18.0. The van der Waals surface area contributed by atoms with E-state index >= 15 is 0 Å². The average Bonchev–Trinajstić information content (AvgIpc) is 3.36. The Hall–Kier alpha value is -2.60. The number of nitrogens with two attached hydrogens (primary N) is 1. The van der Waals surface area contributed by atoms with Crippen LogP contribution in [-0.2, 0) is 29.6 Å². The van der Waals surface area contributed by atoms with Crippen LogP contribution in [0.15, 0.2) is 58.3 Å². The Labute approximate surface area is 193 Å². The summed E-state index contributed by atoms with van der Waals surface area (Å²) in [6, 6.07) is 9.91. The van der Waals surface area contributed by atoms with Crippen molar-refractivity contribution < 1.29 is 26.4 Å². The third-order valence-electron chi connectivity index (χ3n) is 6.13. The minimum absolute atomic E-state index is 0.0798. The normalized spacial score (nSPS) is 20.2. The molecule has 2 amide bonds. The van der Waals surface area contributed by atoms with E-state index in [1.165, 1.54) is 40.7 Å². The molecule has 2 aliphatic rings. The molecular formula is C22H25N3O6S2. The van der Waals surface area contributed by atoms with Gasteiger partial charge in [-0.25, -0.2) is 26.9 Å². The van der Waals surface area contributed by atoms with E-state index in [2.05, 4.69) is 0 Å². The van der Waals surface area contributed by atoms with E-state index in [0.717, 1.165) is 23.3 Å². The Balaban J connectivity index is 1.71. The SMILES string of the molecule is Cc1ccc(S(=O)(=O)N(C2CCCC2)C2CC(=O)N(c3ccc(S(N)(=O)=O)cc3)C2=O)cc1. The molecule has 1 aliphatic carbocycles. The highest BCUT2D eigenvalue weighted by Crippen LogP contribution is 2.35. The van der Waals surface area contributed by atoms with Crippen LogP contribution in [0.3, 0.4) is 0 Å². The standard InChI is InChI=1S/C22H25N3O6S2/c1-15-6-10-19(11-7-15)33(30,31)25(17-4-2-3-5-17)20-14-21(26)24(22(20)27)16-8-12-18(13-9-16)32(23,28)29/h6-13,17,20H,2-5,14H2,1H3,(H2,23,28,29). The van der Waals surface area contributed by atoms with Crippen LogP contribution in [0.1, 0.15) is 37.7 Å². The number of carbonyl (C=O) groups excluding carboxylic acids is 2. The van der Waals surface area contributed by atoms with Crippen molar-refractivity contribution in [1.29, 1.82) is 0 Å². The molecule has 1 atom stereocenters. The minimum Gasteiger partial charge on any atom is -0.274 e. The molecule has 0 aromatic heterocycles. The zero-order valence-corrected chi connectivity index (χ0v) is 19.7. The topological polar surface area (TPSA) is 135 Å². The second-order valence-corrected chi connectivity index (χ2v) is 11.8. The van der Waals surface area contributed by atoms with Gasteiger partial charge >= 0.3 is 0 Å². The highest BCUT2D eigenvalue weighted by Gasteiger charge is 2.49. The molecule has 33 heavy (non-hydrogen) atoms. The summed E-state index contributed by atoms with van der Waals surface area (Å²) in [5.41, 5.74) is 1.07. The van der Waals surface area contributed by atoms with Gasteiger partial charge in [-0.1, -0.05) is 30.5 Å². The number of amides is 2. The second-order valence-electron chi connectivity index (χ2n) is 8.41. The molecule has 0 bridgehead atoms. The highest BCUT2D eigenvalue weighted by molar-refractivity contribution is 7.89. The van der Waals surface area contributed by atoms with E-state index < -0.39 is 37.9 Å². The first-order valence-electron chi connectivity index (χ1n) is 10.6. The summed E-state index contributed by atoms with van der Waals surface area (Å²) in [5, 5.41) is 5.11. The van der Waals surface area contributed by atoms with Crippen LogP contribution < -0.4 is 10.0 Å². The van der Waals surface area contributed by atoms with Crippen LogP contribution >= 0.6 is 0 Å². The van der Waals surface area contributed by atoms with Gasteiger partial charge in [0.1, 0.15) is 6.04 Å². The molecule has 4 rings (SSSR count). The average molecular weight is 492 g/mol. The molecule has 0 spiro atoms. The Morgan fingerprint density at radius 1 is 0.879 bits per heavy atom. The first-order valence-corrected chi connectivity index (χ1v) is 13.6. The van der Waals surface area contributed by atoms with E-state index in [0.29, 0.717) is 12.8 Å². The fourth-order valence-electron chi connectivity index (χ4n) is 4.48. The molecule has 176 valence electrons. The third kappa shape index (κ3) is 4.45. The number of nitrogens with zero attached hydrogens (tertiary/aromatic N) is 2. The zero-order chi connectivity index (χ0) is 24.0. The third-order valence-corrected chi connectivity index (χ3v) is 9.04. The van der Waals surface area contributed by atoms with Crippen molar-refractivity contribution in [2.75, 3.05) is 4.90 Å². The summed E-state index contributed by atoms with van der Waals surface area (Å²) in [6.45, 7) is 1.85.